The normalized spacial score (nSPS) is 11.3. The predicted molar refractivity (Wildman–Crippen MR) is 56.7 cm³/mol. The summed E-state index contributed by atoms with van der Waals surface area (Å²) in [6.45, 7) is 1.97. The number of hydrogen-bond donors (Lipinski definition) is 1. The molecule has 5 heteroatoms. The van der Waals surface area contributed by atoms with Gasteiger partial charge >= 0.3 is 6.36 Å². The van der Waals surface area contributed by atoms with E-state index in [0.717, 1.165) is 18.4 Å². The van der Waals surface area contributed by atoms with E-state index in [0.29, 0.717) is 5.69 Å². The number of hydrogen-bond acceptors (Lipinski definition) is 2. The van der Waals surface area contributed by atoms with Gasteiger partial charge in [-0.1, -0.05) is 13.3 Å². The maximum absolute atomic E-state index is 12.1. The van der Waals surface area contributed by atoms with E-state index in [4.69, 9.17) is 0 Å². The van der Waals surface area contributed by atoms with E-state index in [1.807, 2.05) is 13.0 Å². The Balaban J connectivity index is 2.95. The Kier molecular flexibility index (Phi) is 4.04. The van der Waals surface area contributed by atoms with Crippen LogP contribution in [0.15, 0.2) is 18.2 Å². The lowest BCUT2D eigenvalue weighted by atomic mass is 10.1. The highest BCUT2D eigenvalue weighted by Gasteiger charge is 2.31. The smallest absolute Gasteiger partial charge is 0.406 e. The predicted octanol–water partition coefficient (Wildman–Crippen LogP) is 3.58. The zero-order chi connectivity index (χ0) is 12.2. The molecule has 0 amide bonds. The van der Waals surface area contributed by atoms with Crippen molar-refractivity contribution in [2.75, 3.05) is 12.4 Å². The fourth-order valence-electron chi connectivity index (χ4n) is 1.43. The largest absolute Gasteiger partial charge is 0.573 e. The summed E-state index contributed by atoms with van der Waals surface area (Å²) in [4.78, 5) is 0. The van der Waals surface area contributed by atoms with Crippen LogP contribution in [0.2, 0.25) is 0 Å². The summed E-state index contributed by atoms with van der Waals surface area (Å²) in [5.41, 5.74) is 1.44. The molecule has 0 atom stereocenters. The quantitative estimate of drug-likeness (QED) is 0.858. The Labute approximate surface area is 92.4 Å². The third-order valence-electron chi connectivity index (χ3n) is 2.03. The Bertz CT molecular complexity index is 350. The molecule has 0 saturated heterocycles. The molecular weight excluding hydrogens is 219 g/mol. The highest BCUT2D eigenvalue weighted by molar-refractivity contribution is 5.51. The van der Waals surface area contributed by atoms with E-state index in [9.17, 15) is 13.2 Å². The van der Waals surface area contributed by atoms with Gasteiger partial charge in [-0.3, -0.25) is 0 Å². The lowest BCUT2D eigenvalue weighted by Gasteiger charge is -2.12. The number of aryl methyl sites for hydroxylation is 1. The van der Waals surface area contributed by atoms with E-state index >= 15 is 0 Å². The zero-order valence-electron chi connectivity index (χ0n) is 9.19. The average Bonchev–Trinajstić information content (AvgIpc) is 2.15. The van der Waals surface area contributed by atoms with E-state index < -0.39 is 6.36 Å². The second kappa shape index (κ2) is 5.09. The molecule has 0 unspecified atom stereocenters. The minimum atomic E-state index is -4.64. The van der Waals surface area contributed by atoms with Crippen molar-refractivity contribution in [3.63, 3.8) is 0 Å². The second-order valence-corrected chi connectivity index (χ2v) is 3.41. The third kappa shape index (κ3) is 4.00. The van der Waals surface area contributed by atoms with E-state index in [1.165, 1.54) is 12.1 Å². The standard InChI is InChI=1S/C11H14F3NO/c1-3-4-8-5-9(15-2)7-10(6-8)16-11(12,13)14/h5-7,15H,3-4H2,1-2H3. The number of nitrogens with one attached hydrogen (secondary N) is 1. The van der Waals surface area contributed by atoms with Gasteiger partial charge in [-0.05, 0) is 24.1 Å². The summed E-state index contributed by atoms with van der Waals surface area (Å²) in [5, 5.41) is 2.80. The van der Waals surface area contributed by atoms with Crippen LogP contribution in [0, 0.1) is 0 Å². The molecule has 0 radical (unpaired) electrons. The molecule has 0 bridgehead atoms. The van der Waals surface area contributed by atoms with Gasteiger partial charge < -0.3 is 10.1 Å². The fraction of sp³-hybridized carbons (Fsp3) is 0.455. The molecule has 0 fully saturated rings. The van der Waals surface area contributed by atoms with Crippen LogP contribution in [0.1, 0.15) is 18.9 Å². The lowest BCUT2D eigenvalue weighted by molar-refractivity contribution is -0.274. The van der Waals surface area contributed by atoms with Gasteiger partial charge in [-0.15, -0.1) is 13.2 Å². The summed E-state index contributed by atoms with van der Waals surface area (Å²) in [7, 11) is 1.66. The number of halogens is 3. The summed E-state index contributed by atoms with van der Waals surface area (Å²) in [6.07, 6.45) is -3.04. The molecule has 1 N–H and O–H groups in total. The Hall–Kier alpha value is -1.39. The van der Waals surface area contributed by atoms with Crippen molar-refractivity contribution in [1.29, 1.82) is 0 Å². The number of ether oxygens (including phenoxy) is 1. The molecule has 2 nitrogen and oxygen atoms in total. The first-order chi connectivity index (χ1) is 7.44. The highest BCUT2D eigenvalue weighted by atomic mass is 19.4. The molecule has 0 heterocycles. The number of rotatable bonds is 4. The third-order valence-corrected chi connectivity index (χ3v) is 2.03. The van der Waals surface area contributed by atoms with Gasteiger partial charge in [0.1, 0.15) is 5.75 Å². The van der Waals surface area contributed by atoms with Crippen molar-refractivity contribution in [2.24, 2.45) is 0 Å². The van der Waals surface area contributed by atoms with E-state index in [1.54, 1.807) is 7.05 Å². The maximum Gasteiger partial charge on any atom is 0.573 e. The number of anilines is 1. The average molecular weight is 233 g/mol. The Morgan fingerprint density at radius 1 is 1.25 bits per heavy atom. The molecular formula is C11H14F3NO. The second-order valence-electron chi connectivity index (χ2n) is 3.41. The monoisotopic (exact) mass is 233 g/mol. The number of benzene rings is 1. The topological polar surface area (TPSA) is 21.3 Å². The van der Waals surface area contributed by atoms with Gasteiger partial charge in [0, 0.05) is 18.8 Å². The minimum Gasteiger partial charge on any atom is -0.406 e. The van der Waals surface area contributed by atoms with Crippen LogP contribution in [0.3, 0.4) is 0 Å². The van der Waals surface area contributed by atoms with Crippen molar-refractivity contribution >= 4 is 5.69 Å². The summed E-state index contributed by atoms with van der Waals surface area (Å²) in [5.74, 6) is -0.178. The molecule has 0 aliphatic rings. The SMILES string of the molecule is CCCc1cc(NC)cc(OC(F)(F)F)c1. The van der Waals surface area contributed by atoms with E-state index in [2.05, 4.69) is 10.1 Å². The minimum absolute atomic E-state index is 0.178. The summed E-state index contributed by atoms with van der Waals surface area (Å²) < 4.78 is 40.0. The van der Waals surface area contributed by atoms with Gasteiger partial charge in [0.15, 0.2) is 0 Å². The molecule has 90 valence electrons. The fourth-order valence-corrected chi connectivity index (χ4v) is 1.43. The molecule has 0 aliphatic heterocycles. The van der Waals surface area contributed by atoms with Crippen molar-refractivity contribution in [2.45, 2.75) is 26.1 Å². The van der Waals surface area contributed by atoms with Gasteiger partial charge in [-0.2, -0.15) is 0 Å². The first-order valence-corrected chi connectivity index (χ1v) is 5.02. The Morgan fingerprint density at radius 2 is 1.94 bits per heavy atom. The lowest BCUT2D eigenvalue weighted by Crippen LogP contribution is -2.17. The first-order valence-electron chi connectivity index (χ1n) is 5.02. The van der Waals surface area contributed by atoms with Gasteiger partial charge in [0.05, 0.1) is 0 Å². The molecule has 0 saturated carbocycles. The molecule has 1 aromatic rings. The summed E-state index contributed by atoms with van der Waals surface area (Å²) in [6, 6.07) is 4.55. The van der Waals surface area contributed by atoms with Gasteiger partial charge in [0.2, 0.25) is 0 Å². The van der Waals surface area contributed by atoms with Crippen LogP contribution >= 0.6 is 0 Å². The van der Waals surface area contributed by atoms with Crippen molar-refractivity contribution in [3.05, 3.63) is 23.8 Å². The van der Waals surface area contributed by atoms with Gasteiger partial charge in [0.25, 0.3) is 0 Å². The van der Waals surface area contributed by atoms with Crippen LogP contribution in [-0.2, 0) is 6.42 Å². The zero-order valence-corrected chi connectivity index (χ0v) is 9.19. The molecule has 1 rings (SSSR count). The maximum atomic E-state index is 12.1. The Morgan fingerprint density at radius 3 is 2.44 bits per heavy atom. The van der Waals surface area contributed by atoms with Crippen LogP contribution < -0.4 is 10.1 Å². The highest BCUT2D eigenvalue weighted by Crippen LogP contribution is 2.27. The molecule has 0 aromatic heterocycles. The first kappa shape index (κ1) is 12.7. The van der Waals surface area contributed by atoms with Crippen LogP contribution in [0.25, 0.3) is 0 Å². The van der Waals surface area contributed by atoms with Gasteiger partial charge in [-0.25, -0.2) is 0 Å². The van der Waals surface area contributed by atoms with E-state index in [-0.39, 0.29) is 5.75 Å². The van der Waals surface area contributed by atoms with Crippen LogP contribution in [-0.4, -0.2) is 13.4 Å². The van der Waals surface area contributed by atoms with Crippen LogP contribution in [0.5, 0.6) is 5.75 Å². The molecule has 0 spiro atoms. The van der Waals surface area contributed by atoms with Crippen molar-refractivity contribution in [3.8, 4) is 5.75 Å². The number of alkyl halides is 3. The molecule has 0 aliphatic carbocycles. The van der Waals surface area contributed by atoms with Crippen molar-refractivity contribution in [1.82, 2.24) is 0 Å². The molecule has 1 aromatic carbocycles. The van der Waals surface area contributed by atoms with Crippen LogP contribution in [0.4, 0.5) is 18.9 Å². The summed E-state index contributed by atoms with van der Waals surface area (Å²) >= 11 is 0. The molecule has 16 heavy (non-hydrogen) atoms. The van der Waals surface area contributed by atoms with Crippen molar-refractivity contribution < 1.29 is 17.9 Å².